The van der Waals surface area contributed by atoms with E-state index in [4.69, 9.17) is 9.47 Å². The molecule has 0 saturated heterocycles. The third-order valence-corrected chi connectivity index (χ3v) is 5.71. The zero-order valence-corrected chi connectivity index (χ0v) is 25.3. The second kappa shape index (κ2) is 22.0. The normalized spacial score (nSPS) is 12.0. The summed E-state index contributed by atoms with van der Waals surface area (Å²) in [6, 6.07) is -1.29. The van der Waals surface area contributed by atoms with Crippen LogP contribution < -0.4 is 21.3 Å². The minimum absolute atomic E-state index is 0.00288. The molecule has 0 aromatic rings. The van der Waals surface area contributed by atoms with Crippen molar-refractivity contribution in [2.45, 2.75) is 79.7 Å². The van der Waals surface area contributed by atoms with Gasteiger partial charge in [0.25, 0.3) is 0 Å². The van der Waals surface area contributed by atoms with Crippen molar-refractivity contribution in [1.82, 2.24) is 21.3 Å². The number of carboxylic acid groups (broad SMARTS) is 2. The standard InChI is InChI=1S/C23H42N4O9.C4H10/c1-22(2,15-23(3,4)21(33)34)20(32)27-16(19(30)31)6-7-17(28)26-10-11-35-12-13-36-14-18(29)25-9-8-24-5;1-3-4-2/h16,24H,6-15H2,1-5H3,(H,25,29)(H,26,28)(H,27,32)(H,30,31)(H,33,34);3-4H2,1-2H3. The summed E-state index contributed by atoms with van der Waals surface area (Å²) >= 11 is 0. The van der Waals surface area contributed by atoms with Crippen molar-refractivity contribution < 1.29 is 43.7 Å². The molecule has 0 fully saturated rings. The Hall–Kier alpha value is -2.77. The third kappa shape index (κ3) is 20.2. The van der Waals surface area contributed by atoms with Crippen LogP contribution in [0.4, 0.5) is 0 Å². The van der Waals surface area contributed by atoms with Crippen molar-refractivity contribution in [2.75, 3.05) is 53.1 Å². The van der Waals surface area contributed by atoms with E-state index in [0.29, 0.717) is 13.1 Å². The van der Waals surface area contributed by atoms with Crippen molar-refractivity contribution in [3.05, 3.63) is 0 Å². The number of hydrogen-bond acceptors (Lipinski definition) is 8. The Balaban J connectivity index is 0. The lowest BCUT2D eigenvalue weighted by Gasteiger charge is -2.32. The summed E-state index contributed by atoms with van der Waals surface area (Å²) in [6.45, 7) is 12.4. The summed E-state index contributed by atoms with van der Waals surface area (Å²) in [5, 5.41) is 29.3. The van der Waals surface area contributed by atoms with Crippen LogP contribution >= 0.6 is 0 Å². The van der Waals surface area contributed by atoms with Crippen LogP contribution in [0.5, 0.6) is 0 Å². The van der Waals surface area contributed by atoms with Gasteiger partial charge in [0.2, 0.25) is 17.7 Å². The molecule has 3 amide bonds. The first-order valence-corrected chi connectivity index (χ1v) is 13.7. The molecule has 0 heterocycles. The van der Waals surface area contributed by atoms with E-state index in [9.17, 15) is 34.2 Å². The first-order chi connectivity index (χ1) is 18.6. The lowest BCUT2D eigenvalue weighted by Crippen LogP contribution is -2.48. The van der Waals surface area contributed by atoms with Gasteiger partial charge in [-0.15, -0.1) is 0 Å². The van der Waals surface area contributed by atoms with E-state index < -0.39 is 40.6 Å². The molecule has 0 aliphatic rings. The topological polar surface area (TPSA) is 192 Å². The minimum atomic E-state index is -1.29. The summed E-state index contributed by atoms with van der Waals surface area (Å²) in [4.78, 5) is 59.0. The fourth-order valence-corrected chi connectivity index (χ4v) is 3.26. The minimum Gasteiger partial charge on any atom is -0.481 e. The maximum Gasteiger partial charge on any atom is 0.326 e. The van der Waals surface area contributed by atoms with Gasteiger partial charge in [0, 0.05) is 31.5 Å². The van der Waals surface area contributed by atoms with Crippen molar-refractivity contribution >= 4 is 29.7 Å². The SMILES string of the molecule is CCCC.CNCCNC(=O)COCCOCCNC(=O)CCC(NC(=O)C(C)(C)CC(C)(C)C(=O)O)C(=O)O. The number of amides is 3. The van der Waals surface area contributed by atoms with E-state index in [1.165, 1.54) is 26.7 Å². The molecular weight excluding hydrogens is 524 g/mol. The Bertz CT molecular complexity index is 771. The van der Waals surface area contributed by atoms with Crippen LogP contribution in [0, 0.1) is 10.8 Å². The van der Waals surface area contributed by atoms with Crippen molar-refractivity contribution in [3.8, 4) is 0 Å². The summed E-state index contributed by atoms with van der Waals surface area (Å²) in [7, 11) is 1.78. The molecule has 0 saturated carbocycles. The molecule has 13 heteroatoms. The van der Waals surface area contributed by atoms with E-state index >= 15 is 0 Å². The van der Waals surface area contributed by atoms with Crippen molar-refractivity contribution in [3.63, 3.8) is 0 Å². The molecule has 0 radical (unpaired) electrons. The van der Waals surface area contributed by atoms with Gasteiger partial charge in [-0.1, -0.05) is 40.5 Å². The molecule has 40 heavy (non-hydrogen) atoms. The van der Waals surface area contributed by atoms with Crippen LogP contribution in [-0.4, -0.2) is 99.0 Å². The highest BCUT2D eigenvalue weighted by Crippen LogP contribution is 2.34. The fourth-order valence-electron chi connectivity index (χ4n) is 3.26. The molecule has 0 aromatic heterocycles. The van der Waals surface area contributed by atoms with Crippen LogP contribution in [0.2, 0.25) is 0 Å². The van der Waals surface area contributed by atoms with E-state index in [1.807, 2.05) is 0 Å². The summed E-state index contributed by atoms with van der Waals surface area (Å²) in [5.74, 6) is -3.57. The van der Waals surface area contributed by atoms with Gasteiger partial charge < -0.3 is 41.0 Å². The lowest BCUT2D eigenvalue weighted by atomic mass is 9.74. The van der Waals surface area contributed by atoms with Gasteiger partial charge in [-0.05, 0) is 33.7 Å². The predicted octanol–water partition coefficient (Wildman–Crippen LogP) is 1.15. The smallest absolute Gasteiger partial charge is 0.326 e. The molecule has 0 spiro atoms. The average Bonchev–Trinajstić information content (AvgIpc) is 2.87. The molecule has 0 aromatic carbocycles. The third-order valence-electron chi connectivity index (χ3n) is 5.71. The first kappa shape index (κ1) is 39.4. The number of carboxylic acids is 2. The Morgan fingerprint density at radius 3 is 1.88 bits per heavy atom. The number of carbonyl (C=O) groups is 5. The predicted molar refractivity (Wildman–Crippen MR) is 151 cm³/mol. The van der Waals surface area contributed by atoms with E-state index in [-0.39, 0.29) is 58.1 Å². The molecule has 6 N–H and O–H groups in total. The molecule has 234 valence electrons. The molecule has 1 atom stereocenters. The molecule has 0 rings (SSSR count). The summed E-state index contributed by atoms with van der Waals surface area (Å²) in [6.07, 6.45) is 2.38. The molecule has 0 aliphatic carbocycles. The second-order valence-corrected chi connectivity index (χ2v) is 10.6. The molecule has 0 aliphatic heterocycles. The molecule has 1 unspecified atom stereocenters. The molecular formula is C27H52N4O9. The number of carbonyl (C=O) groups excluding carboxylic acids is 3. The van der Waals surface area contributed by atoms with Gasteiger partial charge >= 0.3 is 11.9 Å². The van der Waals surface area contributed by atoms with Crippen LogP contribution in [0.15, 0.2) is 0 Å². The van der Waals surface area contributed by atoms with Gasteiger partial charge in [0.1, 0.15) is 12.6 Å². The van der Waals surface area contributed by atoms with Gasteiger partial charge in [-0.25, -0.2) is 4.79 Å². The molecule has 13 nitrogen and oxygen atoms in total. The van der Waals surface area contributed by atoms with E-state index in [0.717, 1.165) is 0 Å². The lowest BCUT2D eigenvalue weighted by molar-refractivity contribution is -0.151. The van der Waals surface area contributed by atoms with E-state index in [2.05, 4.69) is 35.1 Å². The highest BCUT2D eigenvalue weighted by molar-refractivity contribution is 5.88. The van der Waals surface area contributed by atoms with Crippen LogP contribution in [0.1, 0.15) is 73.6 Å². The highest BCUT2D eigenvalue weighted by Gasteiger charge is 2.40. The maximum atomic E-state index is 12.6. The number of ether oxygens (including phenoxy) is 2. The summed E-state index contributed by atoms with van der Waals surface area (Å²) < 4.78 is 10.5. The maximum absolute atomic E-state index is 12.6. The van der Waals surface area contributed by atoms with Gasteiger partial charge in [-0.3, -0.25) is 19.2 Å². The Morgan fingerprint density at radius 2 is 1.35 bits per heavy atom. The van der Waals surface area contributed by atoms with Gasteiger partial charge in [0.15, 0.2) is 0 Å². The van der Waals surface area contributed by atoms with Crippen molar-refractivity contribution in [2.24, 2.45) is 10.8 Å². The van der Waals surface area contributed by atoms with Gasteiger partial charge in [0.05, 0.1) is 25.2 Å². The number of hydrogen-bond donors (Lipinski definition) is 6. The Kier molecular flexibility index (Phi) is 21.6. The first-order valence-electron chi connectivity index (χ1n) is 13.7. The number of aliphatic carboxylic acids is 2. The highest BCUT2D eigenvalue weighted by atomic mass is 16.5. The number of nitrogens with one attached hydrogen (secondary N) is 4. The quantitative estimate of drug-likeness (QED) is 0.108. The number of unbranched alkanes of at least 4 members (excludes halogenated alkanes) is 1. The average molecular weight is 577 g/mol. The largest absolute Gasteiger partial charge is 0.481 e. The Morgan fingerprint density at radius 1 is 0.775 bits per heavy atom. The van der Waals surface area contributed by atoms with Gasteiger partial charge in [-0.2, -0.15) is 0 Å². The van der Waals surface area contributed by atoms with Crippen molar-refractivity contribution in [1.29, 1.82) is 0 Å². The number of rotatable bonds is 21. The summed E-state index contributed by atoms with van der Waals surface area (Å²) in [5.41, 5.74) is -2.30. The van der Waals surface area contributed by atoms with Crippen LogP contribution in [0.3, 0.4) is 0 Å². The Labute approximate surface area is 238 Å². The number of likely N-dealkylation sites (N-methyl/N-ethyl adjacent to an activating group) is 1. The zero-order valence-electron chi connectivity index (χ0n) is 25.3. The van der Waals surface area contributed by atoms with E-state index in [1.54, 1.807) is 20.9 Å². The second-order valence-electron chi connectivity index (χ2n) is 10.6. The molecule has 0 bridgehead atoms. The fraction of sp³-hybridized carbons (Fsp3) is 0.815. The zero-order chi connectivity index (χ0) is 31.2. The monoisotopic (exact) mass is 576 g/mol. The van der Waals surface area contributed by atoms with Crippen LogP contribution in [0.25, 0.3) is 0 Å². The van der Waals surface area contributed by atoms with Crippen LogP contribution in [-0.2, 0) is 33.4 Å².